The predicted molar refractivity (Wildman–Crippen MR) is 74.2 cm³/mol. The topological polar surface area (TPSA) is 76.3 Å². The van der Waals surface area contributed by atoms with E-state index in [1.807, 2.05) is 0 Å². The Morgan fingerprint density at radius 2 is 1.84 bits per heavy atom. The van der Waals surface area contributed by atoms with Gasteiger partial charge in [-0.05, 0) is 12.1 Å². The van der Waals surface area contributed by atoms with Gasteiger partial charge in [-0.25, -0.2) is 4.98 Å². The average Bonchev–Trinajstić information content (AvgIpc) is 2.93. The number of carbonyl (C=O) groups excluding carboxylic acids is 2. The Bertz CT molecular complexity index is 633. The molecule has 0 saturated carbocycles. The fraction of sp³-hybridized carbons (Fsp3) is 0.0833. The summed E-state index contributed by atoms with van der Waals surface area (Å²) in [4.78, 5) is 29.3. The molecule has 96 valence electrons. The summed E-state index contributed by atoms with van der Waals surface area (Å²) >= 11 is 2.71. The molecule has 5 nitrogen and oxygen atoms in total. The van der Waals surface area contributed by atoms with Crippen molar-refractivity contribution in [1.29, 1.82) is 0 Å². The molecule has 19 heavy (non-hydrogen) atoms. The number of thiazole rings is 1. The van der Waals surface area contributed by atoms with Crippen LogP contribution in [-0.4, -0.2) is 27.6 Å². The first kappa shape index (κ1) is 12.2. The number of hydrogen-bond donors (Lipinski definition) is 1. The van der Waals surface area contributed by atoms with E-state index in [1.54, 1.807) is 30.5 Å². The molecule has 2 aromatic rings. The van der Waals surface area contributed by atoms with Crippen LogP contribution in [0.4, 0.5) is 5.13 Å². The van der Waals surface area contributed by atoms with E-state index in [1.165, 1.54) is 28.0 Å². The first-order valence-electron chi connectivity index (χ1n) is 5.46. The highest BCUT2D eigenvalue weighted by Crippen LogP contribution is 2.30. The molecule has 2 heterocycles. The van der Waals surface area contributed by atoms with Crippen molar-refractivity contribution in [3.63, 3.8) is 0 Å². The van der Waals surface area contributed by atoms with Crippen molar-refractivity contribution in [3.05, 3.63) is 41.6 Å². The van der Waals surface area contributed by atoms with Crippen LogP contribution in [0, 0.1) is 0 Å². The van der Waals surface area contributed by atoms with Crippen LogP contribution in [0.1, 0.15) is 20.7 Å². The van der Waals surface area contributed by atoms with Crippen molar-refractivity contribution in [2.45, 2.75) is 4.21 Å². The zero-order valence-corrected chi connectivity index (χ0v) is 11.3. The molecule has 1 aliphatic rings. The minimum atomic E-state index is -0.245. The lowest BCUT2D eigenvalue weighted by Gasteiger charge is -2.11. The SMILES string of the molecule is Nc1ncc(SCN2C(=O)c3ccccc3C2=O)s1. The summed E-state index contributed by atoms with van der Waals surface area (Å²) in [5.41, 5.74) is 6.47. The zero-order chi connectivity index (χ0) is 13.4. The van der Waals surface area contributed by atoms with Crippen molar-refractivity contribution in [2.24, 2.45) is 0 Å². The summed E-state index contributed by atoms with van der Waals surface area (Å²) in [6.07, 6.45) is 1.64. The smallest absolute Gasteiger partial charge is 0.262 e. The van der Waals surface area contributed by atoms with Crippen molar-refractivity contribution >= 4 is 40.0 Å². The summed E-state index contributed by atoms with van der Waals surface area (Å²) in [6.45, 7) is 0. The van der Waals surface area contributed by atoms with E-state index in [2.05, 4.69) is 4.98 Å². The van der Waals surface area contributed by atoms with Gasteiger partial charge in [0.1, 0.15) is 0 Å². The maximum atomic E-state index is 12.1. The largest absolute Gasteiger partial charge is 0.375 e. The molecule has 7 heteroatoms. The average molecular weight is 291 g/mol. The van der Waals surface area contributed by atoms with Gasteiger partial charge in [0, 0.05) is 0 Å². The van der Waals surface area contributed by atoms with E-state index in [0.29, 0.717) is 16.3 Å². The Morgan fingerprint density at radius 1 is 1.21 bits per heavy atom. The van der Waals surface area contributed by atoms with Crippen LogP contribution >= 0.6 is 23.1 Å². The number of benzene rings is 1. The van der Waals surface area contributed by atoms with Crippen molar-refractivity contribution in [3.8, 4) is 0 Å². The molecule has 0 fully saturated rings. The molecule has 0 saturated heterocycles. The van der Waals surface area contributed by atoms with E-state index >= 15 is 0 Å². The van der Waals surface area contributed by atoms with Crippen molar-refractivity contribution in [2.75, 3.05) is 11.6 Å². The van der Waals surface area contributed by atoms with Gasteiger partial charge in [-0.15, -0.1) is 0 Å². The molecule has 1 aromatic carbocycles. The third-order valence-electron chi connectivity index (χ3n) is 2.72. The molecule has 1 aromatic heterocycles. The lowest BCUT2D eigenvalue weighted by atomic mass is 10.1. The zero-order valence-electron chi connectivity index (χ0n) is 9.70. The Balaban J connectivity index is 1.77. The summed E-state index contributed by atoms with van der Waals surface area (Å²) < 4.78 is 0.883. The van der Waals surface area contributed by atoms with Gasteiger partial charge in [0.05, 0.1) is 27.4 Å². The van der Waals surface area contributed by atoms with Crippen LogP contribution in [0.5, 0.6) is 0 Å². The van der Waals surface area contributed by atoms with Gasteiger partial charge in [0.2, 0.25) is 0 Å². The van der Waals surface area contributed by atoms with Gasteiger partial charge in [-0.3, -0.25) is 14.5 Å². The number of hydrogen-bond acceptors (Lipinski definition) is 6. The Labute approximate surface area is 117 Å². The summed E-state index contributed by atoms with van der Waals surface area (Å²) in [6, 6.07) is 6.85. The molecule has 2 amide bonds. The minimum Gasteiger partial charge on any atom is -0.375 e. The standard InChI is InChI=1S/C12H9N3O2S2/c13-12-14-5-9(19-12)18-6-15-10(16)7-3-1-2-4-8(7)11(15)17/h1-5H,6H2,(H2,13,14). The molecule has 0 bridgehead atoms. The van der Waals surface area contributed by atoms with Crippen LogP contribution in [0.25, 0.3) is 0 Å². The third-order valence-corrected chi connectivity index (χ3v) is 4.72. The quantitative estimate of drug-likeness (QED) is 0.692. The Kier molecular flexibility index (Phi) is 3.00. The Hall–Kier alpha value is -1.86. The van der Waals surface area contributed by atoms with E-state index in [-0.39, 0.29) is 17.7 Å². The molecular formula is C12H9N3O2S2. The molecule has 0 unspecified atom stereocenters. The second kappa shape index (κ2) is 4.67. The van der Waals surface area contributed by atoms with Crippen LogP contribution in [0.3, 0.4) is 0 Å². The fourth-order valence-electron chi connectivity index (χ4n) is 1.82. The highest BCUT2D eigenvalue weighted by atomic mass is 32.2. The second-order valence-electron chi connectivity index (χ2n) is 3.87. The van der Waals surface area contributed by atoms with E-state index in [4.69, 9.17) is 5.73 Å². The number of nitrogens with two attached hydrogens (primary N) is 1. The molecular weight excluding hydrogens is 282 g/mol. The molecule has 0 radical (unpaired) electrons. The number of aromatic nitrogens is 1. The summed E-state index contributed by atoms with van der Waals surface area (Å²) in [5.74, 6) is -0.218. The first-order chi connectivity index (χ1) is 9.16. The van der Waals surface area contributed by atoms with E-state index in [9.17, 15) is 9.59 Å². The number of nitrogen functional groups attached to an aromatic ring is 1. The van der Waals surface area contributed by atoms with Crippen molar-refractivity contribution < 1.29 is 9.59 Å². The second-order valence-corrected chi connectivity index (χ2v) is 6.18. The Morgan fingerprint density at radius 3 is 2.37 bits per heavy atom. The summed E-state index contributed by atoms with van der Waals surface area (Å²) in [7, 11) is 0. The third kappa shape index (κ3) is 2.11. The molecule has 0 spiro atoms. The normalized spacial score (nSPS) is 14.0. The van der Waals surface area contributed by atoms with Crippen LogP contribution in [0.15, 0.2) is 34.7 Å². The van der Waals surface area contributed by atoms with Gasteiger partial charge in [-0.1, -0.05) is 35.2 Å². The van der Waals surface area contributed by atoms with Crippen LogP contribution < -0.4 is 5.73 Å². The first-order valence-corrected chi connectivity index (χ1v) is 7.26. The van der Waals surface area contributed by atoms with Gasteiger partial charge >= 0.3 is 0 Å². The number of anilines is 1. The summed E-state index contributed by atoms with van der Waals surface area (Å²) in [5, 5.41) is 0.477. The maximum Gasteiger partial charge on any atom is 0.262 e. The molecule has 0 atom stereocenters. The fourth-order valence-corrected chi connectivity index (χ4v) is 3.51. The minimum absolute atomic E-state index is 0.245. The number of rotatable bonds is 3. The van der Waals surface area contributed by atoms with Crippen LogP contribution in [-0.2, 0) is 0 Å². The highest BCUT2D eigenvalue weighted by molar-refractivity contribution is 8.01. The number of nitrogens with zero attached hydrogens (tertiary/aromatic N) is 2. The lowest BCUT2D eigenvalue weighted by molar-refractivity contribution is 0.0684. The van der Waals surface area contributed by atoms with Crippen LogP contribution in [0.2, 0.25) is 0 Å². The van der Waals surface area contributed by atoms with E-state index < -0.39 is 0 Å². The molecule has 1 aliphatic heterocycles. The number of amides is 2. The molecule has 0 aliphatic carbocycles. The van der Waals surface area contributed by atoms with Gasteiger partial charge in [-0.2, -0.15) is 0 Å². The van der Waals surface area contributed by atoms with Gasteiger partial charge in [0.25, 0.3) is 11.8 Å². The van der Waals surface area contributed by atoms with Crippen molar-refractivity contribution in [1.82, 2.24) is 9.88 Å². The maximum absolute atomic E-state index is 12.1. The number of thioether (sulfide) groups is 1. The van der Waals surface area contributed by atoms with Gasteiger partial charge in [0.15, 0.2) is 5.13 Å². The van der Waals surface area contributed by atoms with Gasteiger partial charge < -0.3 is 5.73 Å². The number of carbonyl (C=O) groups is 2. The molecule has 3 rings (SSSR count). The monoisotopic (exact) mass is 291 g/mol. The lowest BCUT2D eigenvalue weighted by Crippen LogP contribution is -2.29. The molecule has 2 N–H and O–H groups in total. The number of imide groups is 1. The predicted octanol–water partition coefficient (Wildman–Crippen LogP) is 2.07. The number of fused-ring (bicyclic) bond motifs is 1. The van der Waals surface area contributed by atoms with E-state index in [0.717, 1.165) is 4.21 Å². The highest BCUT2D eigenvalue weighted by Gasteiger charge is 2.34.